The van der Waals surface area contributed by atoms with Gasteiger partial charge in [0.05, 0.1) is 24.5 Å². The molecule has 0 unspecified atom stereocenters. The van der Waals surface area contributed by atoms with Crippen LogP contribution in [0.25, 0.3) is 0 Å². The number of ether oxygens (including phenoxy) is 1. The summed E-state index contributed by atoms with van der Waals surface area (Å²) in [6, 6.07) is 8.22. The summed E-state index contributed by atoms with van der Waals surface area (Å²) in [7, 11) is 4.02. The molecule has 2 aromatic rings. The average molecular weight is 356 g/mol. The molecular weight excluding hydrogens is 332 g/mol. The van der Waals surface area contributed by atoms with Crippen LogP contribution in [0.4, 0.5) is 10.5 Å². The Morgan fingerprint density at radius 2 is 2.15 bits per heavy atom. The van der Waals surface area contributed by atoms with E-state index in [0.29, 0.717) is 13.2 Å². The number of fused-ring (bicyclic) bond motifs is 1. The minimum atomic E-state index is -0.239. The fourth-order valence-corrected chi connectivity index (χ4v) is 3.69. The van der Waals surface area contributed by atoms with Gasteiger partial charge < -0.3 is 14.2 Å². The number of carbonyl (C=O) groups excluding carboxylic acids is 1. The summed E-state index contributed by atoms with van der Waals surface area (Å²) < 4.78 is 10.5. The summed E-state index contributed by atoms with van der Waals surface area (Å²) in [5, 5.41) is 4.20. The maximum Gasteiger partial charge on any atom is 0.414 e. The van der Waals surface area contributed by atoms with E-state index in [1.54, 1.807) is 4.90 Å². The largest absolute Gasteiger partial charge is 0.447 e. The Hall–Kier alpha value is -2.38. The number of cyclic esters (lactones) is 1. The molecule has 1 saturated heterocycles. The minimum absolute atomic E-state index is 0.239. The molecule has 1 aromatic carbocycles. The van der Waals surface area contributed by atoms with Crippen molar-refractivity contribution in [2.75, 3.05) is 38.7 Å². The van der Waals surface area contributed by atoms with Gasteiger partial charge in [-0.15, -0.1) is 0 Å². The lowest BCUT2D eigenvalue weighted by atomic mass is 9.97. The lowest BCUT2D eigenvalue weighted by molar-refractivity contribution is 0.181. The van der Waals surface area contributed by atoms with E-state index in [0.717, 1.165) is 49.7 Å². The molecule has 0 aliphatic carbocycles. The summed E-state index contributed by atoms with van der Waals surface area (Å²) in [6.45, 7) is 4.41. The second-order valence-electron chi connectivity index (χ2n) is 7.16. The van der Waals surface area contributed by atoms with E-state index in [-0.39, 0.29) is 6.09 Å². The number of rotatable bonds is 5. The van der Waals surface area contributed by atoms with Crippen LogP contribution in [-0.4, -0.2) is 54.8 Å². The monoisotopic (exact) mass is 356 g/mol. The lowest BCUT2D eigenvalue weighted by Gasteiger charge is -2.30. The van der Waals surface area contributed by atoms with Gasteiger partial charge in [0.2, 0.25) is 0 Å². The molecule has 3 heterocycles. The van der Waals surface area contributed by atoms with Crippen molar-refractivity contribution in [1.29, 1.82) is 0 Å². The maximum absolute atomic E-state index is 11.9. The number of anilines is 1. The van der Waals surface area contributed by atoms with Crippen LogP contribution in [0.15, 0.2) is 28.8 Å². The molecule has 7 nitrogen and oxygen atoms in total. The number of hydrogen-bond donors (Lipinski definition) is 0. The quantitative estimate of drug-likeness (QED) is 0.819. The molecule has 0 radical (unpaired) electrons. The summed E-state index contributed by atoms with van der Waals surface area (Å²) >= 11 is 0. The normalized spacial score (nSPS) is 17.7. The van der Waals surface area contributed by atoms with Gasteiger partial charge in [0, 0.05) is 25.7 Å². The van der Waals surface area contributed by atoms with Crippen molar-refractivity contribution >= 4 is 11.8 Å². The Bertz CT molecular complexity index is 802. The number of aromatic nitrogens is 1. The molecule has 0 N–H and O–H groups in total. The smallest absolute Gasteiger partial charge is 0.414 e. The highest BCUT2D eigenvalue weighted by molar-refractivity contribution is 5.90. The molecular formula is C19H24N4O3. The average Bonchev–Trinajstić information content (AvgIpc) is 3.22. The van der Waals surface area contributed by atoms with E-state index in [1.807, 2.05) is 32.3 Å². The highest BCUT2D eigenvalue weighted by Crippen LogP contribution is 2.31. The third-order valence-electron chi connectivity index (χ3n) is 4.84. The molecule has 2 aliphatic heterocycles. The first-order chi connectivity index (χ1) is 12.6. The molecule has 138 valence electrons. The van der Waals surface area contributed by atoms with Gasteiger partial charge in [-0.1, -0.05) is 17.3 Å². The van der Waals surface area contributed by atoms with Gasteiger partial charge in [-0.05, 0) is 37.7 Å². The van der Waals surface area contributed by atoms with Crippen molar-refractivity contribution in [3.05, 3.63) is 46.8 Å². The van der Waals surface area contributed by atoms with Crippen LogP contribution >= 0.6 is 0 Å². The predicted octanol–water partition coefficient (Wildman–Crippen LogP) is 2.25. The SMILES string of the molecule is CN(C)Cc1cc(CN2CCc3c(cccc3N3CCOC3=O)C2)no1. The zero-order valence-corrected chi connectivity index (χ0v) is 15.3. The lowest BCUT2D eigenvalue weighted by Crippen LogP contribution is -2.32. The van der Waals surface area contributed by atoms with Crippen LogP contribution in [-0.2, 0) is 30.8 Å². The van der Waals surface area contributed by atoms with Gasteiger partial charge >= 0.3 is 6.09 Å². The van der Waals surface area contributed by atoms with Crippen molar-refractivity contribution in [2.45, 2.75) is 26.1 Å². The third kappa shape index (κ3) is 3.45. The topological polar surface area (TPSA) is 62.1 Å². The predicted molar refractivity (Wildman–Crippen MR) is 96.8 cm³/mol. The molecule has 1 fully saturated rings. The molecule has 26 heavy (non-hydrogen) atoms. The third-order valence-corrected chi connectivity index (χ3v) is 4.84. The Labute approximate surface area is 153 Å². The second-order valence-corrected chi connectivity index (χ2v) is 7.16. The second kappa shape index (κ2) is 7.09. The zero-order valence-electron chi connectivity index (χ0n) is 15.3. The Balaban J connectivity index is 1.46. The molecule has 0 spiro atoms. The van der Waals surface area contributed by atoms with Crippen LogP contribution in [0.3, 0.4) is 0 Å². The van der Waals surface area contributed by atoms with E-state index in [9.17, 15) is 4.79 Å². The summed E-state index contributed by atoms with van der Waals surface area (Å²) in [5.41, 5.74) is 4.49. The van der Waals surface area contributed by atoms with Gasteiger partial charge in [-0.2, -0.15) is 0 Å². The van der Waals surface area contributed by atoms with E-state index in [1.165, 1.54) is 11.1 Å². The first kappa shape index (κ1) is 17.1. The van der Waals surface area contributed by atoms with Gasteiger partial charge in [0.25, 0.3) is 0 Å². The fraction of sp³-hybridized carbons (Fsp3) is 0.474. The first-order valence-electron chi connectivity index (χ1n) is 8.97. The molecule has 0 saturated carbocycles. The Morgan fingerprint density at radius 3 is 2.92 bits per heavy atom. The van der Waals surface area contributed by atoms with Gasteiger partial charge in [0.15, 0.2) is 5.76 Å². The molecule has 1 aromatic heterocycles. The van der Waals surface area contributed by atoms with Crippen LogP contribution in [0.5, 0.6) is 0 Å². The van der Waals surface area contributed by atoms with E-state index >= 15 is 0 Å². The number of hydrogen-bond acceptors (Lipinski definition) is 6. The summed E-state index contributed by atoms with van der Waals surface area (Å²) in [6.07, 6.45) is 0.675. The number of nitrogens with zero attached hydrogens (tertiary/aromatic N) is 4. The Kier molecular flexibility index (Phi) is 4.65. The van der Waals surface area contributed by atoms with Crippen molar-refractivity contribution in [1.82, 2.24) is 15.0 Å². The van der Waals surface area contributed by atoms with Crippen LogP contribution in [0, 0.1) is 0 Å². The van der Waals surface area contributed by atoms with Crippen LogP contribution < -0.4 is 4.90 Å². The standard InChI is InChI=1S/C19H24N4O3/c1-21(2)13-16-10-15(20-26-16)12-22-7-6-17-14(11-22)4-3-5-18(17)23-8-9-25-19(23)24/h3-5,10H,6-9,11-13H2,1-2H3. The van der Waals surface area contributed by atoms with Gasteiger partial charge in [0.1, 0.15) is 6.61 Å². The molecule has 7 heteroatoms. The van der Waals surface area contributed by atoms with E-state index < -0.39 is 0 Å². The molecule has 4 rings (SSSR count). The highest BCUT2D eigenvalue weighted by Gasteiger charge is 2.28. The fourth-order valence-electron chi connectivity index (χ4n) is 3.69. The summed E-state index contributed by atoms with van der Waals surface area (Å²) in [4.78, 5) is 18.1. The van der Waals surface area contributed by atoms with Crippen molar-refractivity contribution in [3.8, 4) is 0 Å². The number of carbonyl (C=O) groups is 1. The van der Waals surface area contributed by atoms with Gasteiger partial charge in [-0.25, -0.2) is 4.79 Å². The molecule has 0 bridgehead atoms. The molecule has 1 amide bonds. The van der Waals surface area contributed by atoms with E-state index in [4.69, 9.17) is 9.26 Å². The first-order valence-corrected chi connectivity index (χ1v) is 8.97. The van der Waals surface area contributed by atoms with E-state index in [2.05, 4.69) is 21.0 Å². The summed E-state index contributed by atoms with van der Waals surface area (Å²) in [5.74, 6) is 0.886. The minimum Gasteiger partial charge on any atom is -0.447 e. The zero-order chi connectivity index (χ0) is 18.1. The van der Waals surface area contributed by atoms with Gasteiger partial charge in [-0.3, -0.25) is 9.80 Å². The van der Waals surface area contributed by atoms with Crippen molar-refractivity contribution in [3.63, 3.8) is 0 Å². The number of benzene rings is 1. The molecule has 2 aliphatic rings. The Morgan fingerprint density at radius 1 is 1.27 bits per heavy atom. The van der Waals surface area contributed by atoms with Crippen molar-refractivity contribution in [2.24, 2.45) is 0 Å². The molecule has 0 atom stereocenters. The van der Waals surface area contributed by atoms with Crippen LogP contribution in [0.2, 0.25) is 0 Å². The number of amides is 1. The maximum atomic E-state index is 11.9. The van der Waals surface area contributed by atoms with Crippen LogP contribution in [0.1, 0.15) is 22.6 Å². The highest BCUT2D eigenvalue weighted by atomic mass is 16.6. The van der Waals surface area contributed by atoms with Crippen molar-refractivity contribution < 1.29 is 14.1 Å².